The monoisotopic (exact) mass is 347 g/mol. The summed E-state index contributed by atoms with van der Waals surface area (Å²) < 4.78 is 12.4. The Hall–Kier alpha value is -1.82. The van der Waals surface area contributed by atoms with Crippen LogP contribution in [-0.2, 0) is 15.4 Å². The molecule has 0 atom stereocenters. The number of rotatable bonds is 4. The average Bonchev–Trinajstić information content (AvgIpc) is 2.66. The Bertz CT molecular complexity index is 732. The van der Waals surface area contributed by atoms with Gasteiger partial charge in [0.1, 0.15) is 5.15 Å². The summed E-state index contributed by atoms with van der Waals surface area (Å²) >= 11 is 6.14. The van der Waals surface area contributed by atoms with Gasteiger partial charge >= 0.3 is 0 Å². The van der Waals surface area contributed by atoms with Gasteiger partial charge in [0, 0.05) is 27.3 Å². The number of aromatic nitrogens is 1. The summed E-state index contributed by atoms with van der Waals surface area (Å²) in [6, 6.07) is 11.8. The molecule has 0 radical (unpaired) electrons. The lowest BCUT2D eigenvalue weighted by molar-refractivity contribution is -0.239. The van der Waals surface area contributed by atoms with E-state index in [-0.39, 0.29) is 0 Å². The predicted molar refractivity (Wildman–Crippen MR) is 97.1 cm³/mol. The number of hydrogen-bond acceptors (Lipinski definition) is 5. The van der Waals surface area contributed by atoms with Gasteiger partial charge in [-0.3, -0.25) is 0 Å². The molecule has 0 N–H and O–H groups in total. The zero-order valence-corrected chi connectivity index (χ0v) is 15.2. The Labute approximate surface area is 147 Å². The lowest BCUT2D eigenvalue weighted by Gasteiger charge is -2.41. The fraction of sp³-hybridized carbons (Fsp3) is 0.389. The molecule has 0 saturated carbocycles. The van der Waals surface area contributed by atoms with Crippen LogP contribution in [0.15, 0.2) is 36.4 Å². The fourth-order valence-corrected chi connectivity index (χ4v) is 3.34. The van der Waals surface area contributed by atoms with Crippen LogP contribution < -0.4 is 9.80 Å². The number of halogens is 1. The smallest absolute Gasteiger partial charge is 0.282 e. The van der Waals surface area contributed by atoms with E-state index >= 15 is 0 Å². The van der Waals surface area contributed by atoms with Gasteiger partial charge < -0.3 is 19.3 Å². The number of anilines is 3. The quantitative estimate of drug-likeness (QED) is 0.614. The third-order valence-corrected chi connectivity index (χ3v) is 4.44. The maximum atomic E-state index is 6.18. The Morgan fingerprint density at radius 2 is 1.67 bits per heavy atom. The number of ether oxygens (including phenoxy) is 2. The Kier molecular flexibility index (Phi) is 4.67. The summed E-state index contributed by atoms with van der Waals surface area (Å²) in [5, 5.41) is 0.451. The van der Waals surface area contributed by atoms with Crippen molar-refractivity contribution in [1.29, 1.82) is 0 Å². The SMILES string of the molecule is CCOC1(OCC)c2ccccc2N(C)c2nc(Cl)ccc2N1C. The van der Waals surface area contributed by atoms with Crippen molar-refractivity contribution in [2.45, 2.75) is 19.8 Å². The first-order valence-electron chi connectivity index (χ1n) is 8.06. The molecule has 5 nitrogen and oxygen atoms in total. The molecule has 0 spiro atoms. The van der Waals surface area contributed by atoms with E-state index in [1.54, 1.807) is 6.07 Å². The summed E-state index contributed by atoms with van der Waals surface area (Å²) in [4.78, 5) is 8.54. The normalized spacial score (nSPS) is 15.7. The maximum Gasteiger partial charge on any atom is 0.282 e. The molecule has 1 aromatic heterocycles. The molecular weight excluding hydrogens is 326 g/mol. The molecule has 2 aromatic rings. The van der Waals surface area contributed by atoms with Gasteiger partial charge in [0.25, 0.3) is 5.91 Å². The first-order valence-corrected chi connectivity index (χ1v) is 8.44. The summed E-state index contributed by atoms with van der Waals surface area (Å²) in [6.07, 6.45) is 0. The molecule has 0 bridgehead atoms. The Balaban J connectivity index is 2.33. The highest BCUT2D eigenvalue weighted by molar-refractivity contribution is 6.29. The molecule has 24 heavy (non-hydrogen) atoms. The van der Waals surface area contributed by atoms with Gasteiger partial charge in [-0.1, -0.05) is 23.7 Å². The highest BCUT2D eigenvalue weighted by Gasteiger charge is 2.45. The van der Waals surface area contributed by atoms with Crippen molar-refractivity contribution >= 4 is 28.8 Å². The molecule has 1 aliphatic rings. The molecule has 1 aliphatic heterocycles. The average molecular weight is 348 g/mol. The molecule has 0 saturated heterocycles. The van der Waals surface area contributed by atoms with Crippen LogP contribution >= 0.6 is 11.6 Å². The number of benzene rings is 1. The first-order chi connectivity index (χ1) is 11.5. The zero-order valence-electron chi connectivity index (χ0n) is 14.4. The molecule has 3 rings (SSSR count). The molecule has 6 heteroatoms. The lowest BCUT2D eigenvalue weighted by atomic mass is 10.1. The Morgan fingerprint density at radius 1 is 1.00 bits per heavy atom. The second kappa shape index (κ2) is 6.59. The second-order valence-corrected chi connectivity index (χ2v) is 5.95. The van der Waals surface area contributed by atoms with Gasteiger partial charge in [0.2, 0.25) is 0 Å². The van der Waals surface area contributed by atoms with E-state index in [1.807, 2.05) is 68.1 Å². The van der Waals surface area contributed by atoms with Gasteiger partial charge in [-0.05, 0) is 38.1 Å². The Morgan fingerprint density at radius 3 is 2.33 bits per heavy atom. The third kappa shape index (κ3) is 2.53. The van der Waals surface area contributed by atoms with E-state index in [1.165, 1.54) is 0 Å². The zero-order chi connectivity index (χ0) is 17.3. The van der Waals surface area contributed by atoms with E-state index in [0.717, 1.165) is 22.8 Å². The van der Waals surface area contributed by atoms with Crippen LogP contribution in [0.5, 0.6) is 0 Å². The highest BCUT2D eigenvalue weighted by Crippen LogP contribution is 2.47. The number of nitrogens with zero attached hydrogens (tertiary/aromatic N) is 3. The van der Waals surface area contributed by atoms with Gasteiger partial charge in [-0.2, -0.15) is 0 Å². The number of hydrogen-bond donors (Lipinski definition) is 0. The number of pyridine rings is 1. The minimum Gasteiger partial charge on any atom is -0.329 e. The van der Waals surface area contributed by atoms with Gasteiger partial charge in [0.05, 0.1) is 16.9 Å². The summed E-state index contributed by atoms with van der Waals surface area (Å²) in [6.45, 7) is 4.96. The van der Waals surface area contributed by atoms with Crippen molar-refractivity contribution in [2.24, 2.45) is 0 Å². The molecule has 0 fully saturated rings. The summed E-state index contributed by atoms with van der Waals surface area (Å²) in [5.41, 5.74) is 2.80. The lowest BCUT2D eigenvalue weighted by Crippen LogP contribution is -2.48. The number of para-hydroxylation sites is 1. The van der Waals surface area contributed by atoms with Crippen LogP contribution in [0.1, 0.15) is 19.4 Å². The van der Waals surface area contributed by atoms with Crippen LogP contribution in [-0.4, -0.2) is 32.3 Å². The van der Waals surface area contributed by atoms with Crippen molar-refractivity contribution in [3.63, 3.8) is 0 Å². The minimum atomic E-state index is -1.02. The van der Waals surface area contributed by atoms with E-state index in [4.69, 9.17) is 21.1 Å². The van der Waals surface area contributed by atoms with Crippen LogP contribution in [0.25, 0.3) is 0 Å². The largest absolute Gasteiger partial charge is 0.329 e. The van der Waals surface area contributed by atoms with E-state index in [2.05, 4.69) is 4.98 Å². The van der Waals surface area contributed by atoms with Gasteiger partial charge in [-0.15, -0.1) is 0 Å². The van der Waals surface area contributed by atoms with Crippen LogP contribution in [0.3, 0.4) is 0 Å². The number of fused-ring (bicyclic) bond motifs is 2. The van der Waals surface area contributed by atoms with Crippen molar-refractivity contribution in [3.05, 3.63) is 47.1 Å². The molecule has 0 unspecified atom stereocenters. The van der Waals surface area contributed by atoms with Crippen LogP contribution in [0.4, 0.5) is 17.2 Å². The van der Waals surface area contributed by atoms with Gasteiger partial charge in [0.15, 0.2) is 5.82 Å². The molecule has 0 amide bonds. The van der Waals surface area contributed by atoms with E-state index < -0.39 is 5.91 Å². The van der Waals surface area contributed by atoms with E-state index in [0.29, 0.717) is 18.4 Å². The van der Waals surface area contributed by atoms with Crippen molar-refractivity contribution < 1.29 is 9.47 Å². The highest BCUT2D eigenvalue weighted by atomic mass is 35.5. The molecule has 2 heterocycles. The summed E-state index contributed by atoms with van der Waals surface area (Å²) in [7, 11) is 3.93. The second-order valence-electron chi connectivity index (χ2n) is 5.56. The molecule has 0 aliphatic carbocycles. The topological polar surface area (TPSA) is 37.8 Å². The standard InChI is InChI=1S/C18H22ClN3O2/c1-5-23-18(24-6-2)13-9-7-8-10-14(13)21(3)17-15(22(18)4)11-12-16(19)20-17/h7-12H,5-6H2,1-4H3. The van der Waals surface area contributed by atoms with Crippen molar-refractivity contribution in [2.75, 3.05) is 37.1 Å². The van der Waals surface area contributed by atoms with Crippen LogP contribution in [0, 0.1) is 0 Å². The molecule has 128 valence electrons. The third-order valence-electron chi connectivity index (χ3n) is 4.23. The van der Waals surface area contributed by atoms with Crippen LogP contribution in [0.2, 0.25) is 5.15 Å². The fourth-order valence-electron chi connectivity index (χ4n) is 3.20. The molecule has 1 aromatic carbocycles. The van der Waals surface area contributed by atoms with Crippen molar-refractivity contribution in [3.8, 4) is 0 Å². The van der Waals surface area contributed by atoms with E-state index in [9.17, 15) is 0 Å². The molecular formula is C18H22ClN3O2. The minimum absolute atomic E-state index is 0.451. The first kappa shape index (κ1) is 17.0. The van der Waals surface area contributed by atoms with Gasteiger partial charge in [-0.25, -0.2) is 4.98 Å². The summed E-state index contributed by atoms with van der Waals surface area (Å²) in [5.74, 6) is -0.256. The maximum absolute atomic E-state index is 6.18. The predicted octanol–water partition coefficient (Wildman–Crippen LogP) is 4.14. The van der Waals surface area contributed by atoms with Crippen molar-refractivity contribution in [1.82, 2.24) is 4.98 Å².